The molecule has 0 spiro atoms. The Morgan fingerprint density at radius 1 is 1.50 bits per heavy atom. The maximum absolute atomic E-state index is 11.6. The van der Waals surface area contributed by atoms with Crippen molar-refractivity contribution in [3.05, 3.63) is 49.2 Å². The van der Waals surface area contributed by atoms with Crippen molar-refractivity contribution in [1.82, 2.24) is 9.55 Å². The Bertz CT molecular complexity index is 633. The van der Waals surface area contributed by atoms with Crippen LogP contribution in [0.5, 0.6) is 0 Å². The molecule has 0 fully saturated rings. The van der Waals surface area contributed by atoms with Crippen LogP contribution in [0.1, 0.15) is 10.6 Å². The predicted molar refractivity (Wildman–Crippen MR) is 67.5 cm³/mol. The van der Waals surface area contributed by atoms with Crippen molar-refractivity contribution in [3.8, 4) is 11.8 Å². The molecule has 80 valence electrons. The van der Waals surface area contributed by atoms with Crippen LogP contribution in [-0.4, -0.2) is 9.55 Å². The molecule has 0 N–H and O–H groups in total. The molecule has 0 aliphatic carbocycles. The molecule has 0 unspecified atom stereocenters. The van der Waals surface area contributed by atoms with Crippen LogP contribution in [-0.2, 0) is 7.05 Å². The molecule has 0 aromatic carbocycles. The third-order valence-electron chi connectivity index (χ3n) is 1.90. The van der Waals surface area contributed by atoms with Crippen LogP contribution in [0.3, 0.4) is 0 Å². The molecular formula is C11H7BrN2OS. The lowest BCUT2D eigenvalue weighted by Crippen LogP contribution is -2.17. The summed E-state index contributed by atoms with van der Waals surface area (Å²) in [7, 11) is 1.70. The van der Waals surface area contributed by atoms with Gasteiger partial charge in [-0.3, -0.25) is 4.79 Å². The zero-order valence-electron chi connectivity index (χ0n) is 8.40. The lowest BCUT2D eigenvalue weighted by atomic mass is 10.3. The zero-order chi connectivity index (χ0) is 11.5. The van der Waals surface area contributed by atoms with Crippen molar-refractivity contribution >= 4 is 27.3 Å². The molecule has 0 aliphatic rings. The Morgan fingerprint density at radius 3 is 3.00 bits per heavy atom. The summed E-state index contributed by atoms with van der Waals surface area (Å²) in [5, 5.41) is 0.692. The van der Waals surface area contributed by atoms with E-state index in [4.69, 9.17) is 0 Å². The molecule has 0 saturated heterocycles. The predicted octanol–water partition coefficient (Wildman–Crippen LogP) is 2.00. The number of thiazole rings is 1. The molecule has 0 aliphatic heterocycles. The minimum atomic E-state index is -0.0920. The summed E-state index contributed by atoms with van der Waals surface area (Å²) < 4.78 is 2.43. The van der Waals surface area contributed by atoms with E-state index in [0.29, 0.717) is 10.6 Å². The number of aromatic nitrogens is 2. The maximum atomic E-state index is 11.6. The summed E-state index contributed by atoms with van der Waals surface area (Å²) in [5.74, 6) is 5.69. The summed E-state index contributed by atoms with van der Waals surface area (Å²) >= 11 is 4.75. The van der Waals surface area contributed by atoms with Crippen LogP contribution < -0.4 is 5.56 Å². The number of hydrogen-bond acceptors (Lipinski definition) is 3. The van der Waals surface area contributed by atoms with Gasteiger partial charge < -0.3 is 4.57 Å². The molecule has 0 atom stereocenters. The molecule has 2 aromatic rings. The second-order valence-corrected chi connectivity index (χ2v) is 5.47. The van der Waals surface area contributed by atoms with E-state index < -0.39 is 0 Å². The van der Waals surface area contributed by atoms with Crippen molar-refractivity contribution in [2.75, 3.05) is 0 Å². The average molecular weight is 295 g/mol. The fourth-order valence-corrected chi connectivity index (χ4v) is 2.19. The molecule has 5 heteroatoms. The first-order chi connectivity index (χ1) is 7.66. The van der Waals surface area contributed by atoms with E-state index in [0.717, 1.165) is 3.79 Å². The Morgan fingerprint density at radius 2 is 2.31 bits per heavy atom. The lowest BCUT2D eigenvalue weighted by Gasteiger charge is -1.94. The smallest absolute Gasteiger partial charge is 0.266 e. The van der Waals surface area contributed by atoms with E-state index in [1.807, 2.05) is 0 Å². The van der Waals surface area contributed by atoms with Gasteiger partial charge in [0.1, 0.15) is 0 Å². The number of hydrogen-bond donors (Lipinski definition) is 0. The van der Waals surface area contributed by atoms with Crippen LogP contribution in [0.15, 0.2) is 33.1 Å². The minimum absolute atomic E-state index is 0.0920. The number of rotatable bonds is 0. The lowest BCUT2D eigenvalue weighted by molar-refractivity contribution is 0.856. The largest absolute Gasteiger partial charge is 0.318 e. The topological polar surface area (TPSA) is 34.9 Å². The number of nitrogens with zero attached hydrogens (tertiary/aromatic N) is 2. The first-order valence-corrected chi connectivity index (χ1v) is 6.07. The Balaban J connectivity index is 2.38. The second-order valence-electron chi connectivity index (χ2n) is 3.06. The van der Waals surface area contributed by atoms with Gasteiger partial charge in [-0.15, -0.1) is 0 Å². The number of pyridine rings is 1. The Labute approximate surface area is 105 Å². The number of aryl methyl sites for hydroxylation is 1. The van der Waals surface area contributed by atoms with Gasteiger partial charge in [-0.25, -0.2) is 4.98 Å². The highest BCUT2D eigenvalue weighted by Gasteiger charge is 1.97. The second kappa shape index (κ2) is 4.64. The minimum Gasteiger partial charge on any atom is -0.318 e. The van der Waals surface area contributed by atoms with Crippen LogP contribution in [0, 0.1) is 11.8 Å². The van der Waals surface area contributed by atoms with Crippen molar-refractivity contribution < 1.29 is 0 Å². The summed E-state index contributed by atoms with van der Waals surface area (Å²) in [5.41, 5.74) is 0.391. The molecule has 16 heavy (non-hydrogen) atoms. The molecule has 0 amide bonds. The van der Waals surface area contributed by atoms with Gasteiger partial charge in [-0.2, -0.15) is 0 Å². The normalized spacial score (nSPS) is 9.62. The standard InChI is InChI=1S/C11H7BrN2OS/c1-14-6-2-3-8(11(14)15)4-5-10-13-7-9(12)16-10/h2-3,6-7H,1H3. The van der Waals surface area contributed by atoms with Gasteiger partial charge in [-0.1, -0.05) is 17.3 Å². The highest BCUT2D eigenvalue weighted by Crippen LogP contribution is 2.17. The monoisotopic (exact) mass is 294 g/mol. The molecule has 0 bridgehead atoms. The van der Waals surface area contributed by atoms with E-state index in [9.17, 15) is 4.79 Å². The fraction of sp³-hybridized carbons (Fsp3) is 0.0909. The van der Waals surface area contributed by atoms with Crippen LogP contribution >= 0.6 is 27.3 Å². The summed E-state index contributed by atoms with van der Waals surface area (Å²) in [4.78, 5) is 15.7. The molecule has 2 rings (SSSR count). The molecule has 0 radical (unpaired) electrons. The number of halogens is 1. The van der Waals surface area contributed by atoms with Crippen molar-refractivity contribution in [2.24, 2.45) is 7.05 Å². The van der Waals surface area contributed by atoms with Gasteiger partial charge in [-0.05, 0) is 34.0 Å². The molecule has 3 nitrogen and oxygen atoms in total. The maximum Gasteiger partial charge on any atom is 0.266 e. The van der Waals surface area contributed by atoms with Crippen LogP contribution in [0.25, 0.3) is 0 Å². The van der Waals surface area contributed by atoms with Gasteiger partial charge in [0.25, 0.3) is 5.56 Å². The van der Waals surface area contributed by atoms with Crippen LogP contribution in [0.2, 0.25) is 0 Å². The third kappa shape index (κ3) is 2.40. The van der Waals surface area contributed by atoms with E-state index >= 15 is 0 Å². The Kier molecular flexibility index (Phi) is 3.22. The SMILES string of the molecule is Cn1cccc(C#Cc2ncc(Br)s2)c1=O. The third-order valence-corrected chi connectivity index (χ3v) is 3.30. The highest BCUT2D eigenvalue weighted by atomic mass is 79.9. The van der Waals surface area contributed by atoms with E-state index in [-0.39, 0.29) is 5.56 Å². The van der Waals surface area contributed by atoms with Gasteiger partial charge in [0.05, 0.1) is 15.5 Å². The molecule has 2 aromatic heterocycles. The highest BCUT2D eigenvalue weighted by molar-refractivity contribution is 9.11. The fourth-order valence-electron chi connectivity index (χ4n) is 1.13. The molecule has 2 heterocycles. The van der Waals surface area contributed by atoms with Crippen LogP contribution in [0.4, 0.5) is 0 Å². The van der Waals surface area contributed by atoms with E-state index in [1.54, 1.807) is 31.6 Å². The van der Waals surface area contributed by atoms with E-state index in [1.165, 1.54) is 15.9 Å². The first-order valence-electron chi connectivity index (χ1n) is 4.46. The van der Waals surface area contributed by atoms with Gasteiger partial charge >= 0.3 is 0 Å². The van der Waals surface area contributed by atoms with Gasteiger partial charge in [0.15, 0.2) is 5.01 Å². The summed E-state index contributed by atoms with van der Waals surface area (Å²) in [6.07, 6.45) is 3.39. The average Bonchev–Trinajstić information content (AvgIpc) is 2.67. The molecule has 0 saturated carbocycles. The van der Waals surface area contributed by atoms with E-state index in [2.05, 4.69) is 32.8 Å². The van der Waals surface area contributed by atoms with Crippen molar-refractivity contribution in [2.45, 2.75) is 0 Å². The zero-order valence-corrected chi connectivity index (χ0v) is 10.8. The van der Waals surface area contributed by atoms with Gasteiger partial charge in [0, 0.05) is 13.2 Å². The van der Waals surface area contributed by atoms with Crippen molar-refractivity contribution in [3.63, 3.8) is 0 Å². The quantitative estimate of drug-likeness (QED) is 0.697. The van der Waals surface area contributed by atoms with Gasteiger partial charge in [0.2, 0.25) is 0 Å². The van der Waals surface area contributed by atoms with Crippen molar-refractivity contribution in [1.29, 1.82) is 0 Å². The first kappa shape index (κ1) is 11.1. The summed E-state index contributed by atoms with van der Waals surface area (Å²) in [6.45, 7) is 0. The Hall–Kier alpha value is -1.38. The molecular weight excluding hydrogens is 288 g/mol. The summed E-state index contributed by atoms with van der Waals surface area (Å²) in [6, 6.07) is 3.50.